The number of rotatable bonds is 8. The summed E-state index contributed by atoms with van der Waals surface area (Å²) in [5.41, 5.74) is 1.17. The molecule has 2 aliphatic rings. The van der Waals surface area contributed by atoms with E-state index < -0.39 is 0 Å². The number of ether oxygens (including phenoxy) is 1. The molecular formula is C24H33N5OS. The zero-order valence-electron chi connectivity index (χ0n) is 18.5. The van der Waals surface area contributed by atoms with Gasteiger partial charge in [-0.25, -0.2) is 9.98 Å². The minimum absolute atomic E-state index is 0.241. The summed E-state index contributed by atoms with van der Waals surface area (Å²) in [6, 6.07) is 14.9. The van der Waals surface area contributed by atoms with Gasteiger partial charge in [0.15, 0.2) is 5.96 Å². The first-order valence-electron chi connectivity index (χ1n) is 11.2. The molecule has 0 amide bonds. The largest absolute Gasteiger partial charge is 0.375 e. The molecule has 2 N–H and O–H groups in total. The number of morpholine rings is 1. The molecule has 166 valence electrons. The number of anilines is 1. The Kier molecular flexibility index (Phi) is 7.35. The Bertz CT molecular complexity index is 871. The number of hydrogen-bond acceptors (Lipinski definition) is 5. The highest BCUT2D eigenvalue weighted by Crippen LogP contribution is 2.51. The molecule has 1 saturated carbocycles. The van der Waals surface area contributed by atoms with Crippen molar-refractivity contribution in [2.45, 2.75) is 49.0 Å². The van der Waals surface area contributed by atoms with Crippen LogP contribution in [0.15, 0.2) is 58.5 Å². The standard InChI is InChI=1S/C24H33N5OS/c1-3-25-23(28-18-24(10-11-24)31-21-7-5-4-6-8-21)27-16-20-9-12-26-22(15-20)29-13-14-30-19(2)17-29/h4-9,12,15,19H,3,10-11,13-14,16-18H2,1-2H3,(H2,25,27,28). The van der Waals surface area contributed by atoms with Crippen LogP contribution in [0.5, 0.6) is 0 Å². The number of nitrogens with zero attached hydrogens (tertiary/aromatic N) is 3. The third kappa shape index (κ3) is 6.37. The van der Waals surface area contributed by atoms with Crippen LogP contribution in [0, 0.1) is 0 Å². The van der Waals surface area contributed by atoms with Crippen LogP contribution < -0.4 is 15.5 Å². The Morgan fingerprint density at radius 3 is 2.84 bits per heavy atom. The van der Waals surface area contributed by atoms with Crippen LogP contribution in [0.25, 0.3) is 0 Å². The van der Waals surface area contributed by atoms with Gasteiger partial charge in [-0.2, -0.15) is 0 Å². The summed E-state index contributed by atoms with van der Waals surface area (Å²) in [4.78, 5) is 13.0. The second-order valence-corrected chi connectivity index (χ2v) is 9.84. The van der Waals surface area contributed by atoms with Crippen molar-refractivity contribution in [2.24, 2.45) is 4.99 Å². The lowest BCUT2D eigenvalue weighted by molar-refractivity contribution is 0.0529. The monoisotopic (exact) mass is 439 g/mol. The van der Waals surface area contributed by atoms with Gasteiger partial charge in [-0.15, -0.1) is 11.8 Å². The normalized spacial score (nSPS) is 20.4. The van der Waals surface area contributed by atoms with Crippen molar-refractivity contribution in [3.8, 4) is 0 Å². The minimum atomic E-state index is 0.241. The van der Waals surface area contributed by atoms with E-state index in [1.54, 1.807) is 0 Å². The number of aliphatic imine (C=N–C) groups is 1. The SMILES string of the molecule is CCNC(=NCc1ccnc(N2CCOC(C)C2)c1)NCC1(Sc2ccccc2)CC1. The lowest BCUT2D eigenvalue weighted by Crippen LogP contribution is -2.41. The molecule has 6 nitrogen and oxygen atoms in total. The van der Waals surface area contributed by atoms with Gasteiger partial charge in [-0.1, -0.05) is 18.2 Å². The van der Waals surface area contributed by atoms with Crippen molar-refractivity contribution in [1.82, 2.24) is 15.6 Å². The van der Waals surface area contributed by atoms with Gasteiger partial charge in [0.1, 0.15) is 5.82 Å². The number of pyridine rings is 1. The number of benzene rings is 1. The van der Waals surface area contributed by atoms with Crippen molar-refractivity contribution >= 4 is 23.5 Å². The third-order valence-electron chi connectivity index (χ3n) is 5.60. The van der Waals surface area contributed by atoms with E-state index >= 15 is 0 Å². The fourth-order valence-corrected chi connectivity index (χ4v) is 4.95. The zero-order valence-corrected chi connectivity index (χ0v) is 19.3. The average Bonchev–Trinajstić information content (AvgIpc) is 3.56. The van der Waals surface area contributed by atoms with Crippen LogP contribution in [-0.4, -0.2) is 54.6 Å². The Morgan fingerprint density at radius 2 is 2.10 bits per heavy atom. The predicted octanol–water partition coefficient (Wildman–Crippen LogP) is 3.69. The van der Waals surface area contributed by atoms with Crippen LogP contribution >= 0.6 is 11.8 Å². The fourth-order valence-electron chi connectivity index (χ4n) is 3.71. The van der Waals surface area contributed by atoms with E-state index in [9.17, 15) is 0 Å². The highest BCUT2D eigenvalue weighted by molar-refractivity contribution is 8.01. The van der Waals surface area contributed by atoms with E-state index in [-0.39, 0.29) is 10.9 Å². The highest BCUT2D eigenvalue weighted by atomic mass is 32.2. The zero-order chi connectivity index (χ0) is 21.5. The maximum Gasteiger partial charge on any atom is 0.191 e. The van der Waals surface area contributed by atoms with Crippen molar-refractivity contribution in [1.29, 1.82) is 0 Å². The lowest BCUT2D eigenvalue weighted by Gasteiger charge is -2.32. The molecule has 1 aliphatic heterocycles. The van der Waals surface area contributed by atoms with Crippen molar-refractivity contribution < 1.29 is 4.74 Å². The summed E-state index contributed by atoms with van der Waals surface area (Å²) in [5.74, 6) is 1.89. The second-order valence-electron chi connectivity index (χ2n) is 8.30. The van der Waals surface area contributed by atoms with Crippen LogP contribution in [0.1, 0.15) is 32.3 Å². The Labute approximate surface area is 189 Å². The molecule has 1 saturated heterocycles. The van der Waals surface area contributed by atoms with Gasteiger partial charge in [0, 0.05) is 42.0 Å². The van der Waals surface area contributed by atoms with Gasteiger partial charge in [-0.3, -0.25) is 0 Å². The van der Waals surface area contributed by atoms with Crippen LogP contribution in [0.4, 0.5) is 5.82 Å². The molecule has 1 atom stereocenters. The molecule has 7 heteroatoms. The van der Waals surface area contributed by atoms with Gasteiger partial charge >= 0.3 is 0 Å². The number of aromatic nitrogens is 1. The smallest absolute Gasteiger partial charge is 0.191 e. The molecule has 0 spiro atoms. The maximum atomic E-state index is 5.65. The molecule has 4 rings (SSSR count). The Balaban J connectivity index is 1.35. The average molecular weight is 440 g/mol. The first kappa shape index (κ1) is 22.0. The summed E-state index contributed by atoms with van der Waals surface area (Å²) in [6.07, 6.45) is 4.61. The maximum absolute atomic E-state index is 5.65. The third-order valence-corrected chi connectivity index (χ3v) is 7.10. The summed E-state index contributed by atoms with van der Waals surface area (Å²) < 4.78 is 5.94. The summed E-state index contributed by atoms with van der Waals surface area (Å²) in [5, 5.41) is 6.96. The summed E-state index contributed by atoms with van der Waals surface area (Å²) in [7, 11) is 0. The van der Waals surface area contributed by atoms with Gasteiger partial charge in [-0.05, 0) is 56.5 Å². The van der Waals surface area contributed by atoms with E-state index in [4.69, 9.17) is 9.73 Å². The Morgan fingerprint density at radius 1 is 1.26 bits per heavy atom. The van der Waals surface area contributed by atoms with Crippen LogP contribution in [0.2, 0.25) is 0 Å². The first-order valence-corrected chi connectivity index (χ1v) is 12.1. The quantitative estimate of drug-likeness (QED) is 0.483. The van der Waals surface area contributed by atoms with E-state index in [0.29, 0.717) is 6.54 Å². The second kappa shape index (κ2) is 10.4. The van der Waals surface area contributed by atoms with Gasteiger partial charge in [0.05, 0.1) is 19.3 Å². The summed E-state index contributed by atoms with van der Waals surface area (Å²) in [6.45, 7) is 9.13. The first-order chi connectivity index (χ1) is 15.2. The van der Waals surface area contributed by atoms with Gasteiger partial charge in [0.25, 0.3) is 0 Å². The number of thioether (sulfide) groups is 1. The molecular weight excluding hydrogens is 406 g/mol. The van der Waals surface area contributed by atoms with E-state index in [1.165, 1.54) is 23.3 Å². The summed E-state index contributed by atoms with van der Waals surface area (Å²) >= 11 is 1.98. The topological polar surface area (TPSA) is 61.8 Å². The van der Waals surface area contributed by atoms with Crippen molar-refractivity contribution in [3.63, 3.8) is 0 Å². The van der Waals surface area contributed by atoms with Crippen LogP contribution in [-0.2, 0) is 11.3 Å². The van der Waals surface area contributed by atoms with Gasteiger partial charge < -0.3 is 20.3 Å². The van der Waals surface area contributed by atoms with Crippen molar-refractivity contribution in [2.75, 3.05) is 37.7 Å². The van der Waals surface area contributed by atoms with E-state index in [1.807, 2.05) is 24.0 Å². The Hall–Kier alpha value is -2.25. The molecule has 1 unspecified atom stereocenters. The molecule has 0 bridgehead atoms. The number of nitrogens with one attached hydrogen (secondary N) is 2. The lowest BCUT2D eigenvalue weighted by atomic mass is 10.2. The van der Waals surface area contributed by atoms with E-state index in [0.717, 1.165) is 44.6 Å². The molecule has 2 fully saturated rings. The molecule has 2 heterocycles. The molecule has 31 heavy (non-hydrogen) atoms. The minimum Gasteiger partial charge on any atom is -0.375 e. The molecule has 1 aromatic carbocycles. The fraction of sp³-hybridized carbons (Fsp3) is 0.500. The highest BCUT2D eigenvalue weighted by Gasteiger charge is 2.43. The molecule has 2 aromatic rings. The van der Waals surface area contributed by atoms with E-state index in [2.05, 4.69) is 70.8 Å². The van der Waals surface area contributed by atoms with Crippen molar-refractivity contribution in [3.05, 3.63) is 54.2 Å². The van der Waals surface area contributed by atoms with Crippen LogP contribution in [0.3, 0.4) is 0 Å². The molecule has 1 aromatic heterocycles. The number of hydrogen-bond donors (Lipinski definition) is 2. The molecule has 1 aliphatic carbocycles. The molecule has 0 radical (unpaired) electrons. The predicted molar refractivity (Wildman–Crippen MR) is 129 cm³/mol. The van der Waals surface area contributed by atoms with Gasteiger partial charge in [0.2, 0.25) is 0 Å². The number of guanidine groups is 1.